The maximum Gasteiger partial charge on any atom is 0.317 e. The summed E-state index contributed by atoms with van der Waals surface area (Å²) < 4.78 is 19.1. The fourth-order valence-corrected chi connectivity index (χ4v) is 2.39. The van der Waals surface area contributed by atoms with Gasteiger partial charge in [-0.25, -0.2) is 14.2 Å². The minimum absolute atomic E-state index is 0.0979. The second-order valence-corrected chi connectivity index (χ2v) is 5.98. The molecule has 1 N–H and O–H groups in total. The Hall–Kier alpha value is -1.89. The molecule has 0 aliphatic carbocycles. The molecule has 23 heavy (non-hydrogen) atoms. The Morgan fingerprint density at radius 3 is 2.78 bits per heavy atom. The second-order valence-electron chi connectivity index (χ2n) is 5.98. The van der Waals surface area contributed by atoms with Crippen molar-refractivity contribution >= 4 is 11.8 Å². The summed E-state index contributed by atoms with van der Waals surface area (Å²) in [4.78, 5) is 19.7. The Balaban J connectivity index is 1.70. The largest absolute Gasteiger partial charge is 0.379 e. The number of hydrogen-bond acceptors (Lipinski definition) is 4. The summed E-state index contributed by atoms with van der Waals surface area (Å²) in [7, 11) is 0. The third-order valence-corrected chi connectivity index (χ3v) is 3.58. The molecule has 1 aromatic heterocycles. The molecule has 2 amide bonds. The summed E-state index contributed by atoms with van der Waals surface area (Å²) in [6.07, 6.45) is 1.58. The number of anilines is 1. The molecule has 0 saturated carbocycles. The molecule has 0 atom stereocenters. The number of ether oxygens (including phenoxy) is 1. The van der Waals surface area contributed by atoms with Crippen LogP contribution < -0.4 is 10.2 Å². The van der Waals surface area contributed by atoms with Gasteiger partial charge in [-0.15, -0.1) is 0 Å². The minimum Gasteiger partial charge on any atom is -0.379 e. The first-order valence-corrected chi connectivity index (χ1v) is 8.04. The van der Waals surface area contributed by atoms with Gasteiger partial charge >= 0.3 is 6.03 Å². The van der Waals surface area contributed by atoms with E-state index in [4.69, 9.17) is 4.74 Å². The molecule has 1 aliphatic heterocycles. The SMILES string of the molecule is CC(C)COCCNC(=O)N1CCN(c2ncccc2F)CC1. The van der Waals surface area contributed by atoms with Crippen molar-refractivity contribution in [1.29, 1.82) is 0 Å². The lowest BCUT2D eigenvalue weighted by Crippen LogP contribution is -2.52. The Morgan fingerprint density at radius 1 is 1.39 bits per heavy atom. The van der Waals surface area contributed by atoms with E-state index in [0.717, 1.165) is 0 Å². The first kappa shape index (κ1) is 17.5. The van der Waals surface area contributed by atoms with Crippen LogP contribution in [0, 0.1) is 11.7 Å². The number of amides is 2. The van der Waals surface area contributed by atoms with Gasteiger partial charge in [-0.3, -0.25) is 0 Å². The molecule has 0 unspecified atom stereocenters. The molecule has 2 rings (SSSR count). The summed E-state index contributed by atoms with van der Waals surface area (Å²) in [5, 5.41) is 2.85. The van der Waals surface area contributed by atoms with E-state index in [2.05, 4.69) is 24.1 Å². The van der Waals surface area contributed by atoms with Crippen LogP contribution in [0.4, 0.5) is 15.0 Å². The topological polar surface area (TPSA) is 57.7 Å². The van der Waals surface area contributed by atoms with Crippen LogP contribution in [0.1, 0.15) is 13.8 Å². The molecule has 1 aliphatic rings. The van der Waals surface area contributed by atoms with Crippen molar-refractivity contribution in [2.24, 2.45) is 5.92 Å². The fourth-order valence-electron chi connectivity index (χ4n) is 2.39. The Bertz CT molecular complexity index is 505. The zero-order chi connectivity index (χ0) is 16.7. The molecule has 0 aromatic carbocycles. The highest BCUT2D eigenvalue weighted by atomic mass is 19.1. The van der Waals surface area contributed by atoms with Gasteiger partial charge in [-0.2, -0.15) is 0 Å². The van der Waals surface area contributed by atoms with E-state index in [0.29, 0.717) is 57.7 Å². The van der Waals surface area contributed by atoms with Gasteiger partial charge in [0.15, 0.2) is 11.6 Å². The van der Waals surface area contributed by atoms with Crippen molar-refractivity contribution in [2.75, 3.05) is 50.8 Å². The summed E-state index contributed by atoms with van der Waals surface area (Å²) in [6.45, 7) is 8.14. The Kier molecular flexibility index (Phi) is 6.58. The molecule has 6 nitrogen and oxygen atoms in total. The number of rotatable bonds is 6. The molecule has 2 heterocycles. The third kappa shape index (κ3) is 5.35. The molecule has 1 aromatic rings. The Morgan fingerprint density at radius 2 is 2.13 bits per heavy atom. The molecular formula is C16H25FN4O2. The van der Waals surface area contributed by atoms with E-state index < -0.39 is 0 Å². The molecule has 7 heteroatoms. The maximum atomic E-state index is 13.7. The molecule has 0 spiro atoms. The highest BCUT2D eigenvalue weighted by Gasteiger charge is 2.23. The zero-order valence-corrected chi connectivity index (χ0v) is 13.8. The van der Waals surface area contributed by atoms with E-state index in [-0.39, 0.29) is 11.8 Å². The summed E-state index contributed by atoms with van der Waals surface area (Å²) in [5.74, 6) is 0.521. The third-order valence-electron chi connectivity index (χ3n) is 3.58. The monoisotopic (exact) mass is 324 g/mol. The smallest absolute Gasteiger partial charge is 0.317 e. The van der Waals surface area contributed by atoms with Crippen molar-refractivity contribution in [3.8, 4) is 0 Å². The lowest BCUT2D eigenvalue weighted by Gasteiger charge is -2.35. The van der Waals surface area contributed by atoms with E-state index in [1.54, 1.807) is 17.2 Å². The van der Waals surface area contributed by atoms with Crippen LogP contribution in [0.2, 0.25) is 0 Å². The highest BCUT2D eigenvalue weighted by molar-refractivity contribution is 5.74. The standard InChI is InChI=1S/C16H25FN4O2/c1-13(2)12-23-11-6-19-16(22)21-9-7-20(8-10-21)15-14(17)4-3-5-18-15/h3-5,13H,6-12H2,1-2H3,(H,19,22). The Labute approximate surface area is 136 Å². The highest BCUT2D eigenvalue weighted by Crippen LogP contribution is 2.16. The molecular weight excluding hydrogens is 299 g/mol. The number of aromatic nitrogens is 1. The zero-order valence-electron chi connectivity index (χ0n) is 13.8. The number of hydrogen-bond donors (Lipinski definition) is 1. The van der Waals surface area contributed by atoms with E-state index in [1.165, 1.54) is 6.07 Å². The average Bonchev–Trinajstić information content (AvgIpc) is 2.55. The summed E-state index contributed by atoms with van der Waals surface area (Å²) in [6, 6.07) is 2.88. The predicted octanol–water partition coefficient (Wildman–Crippen LogP) is 1.72. The number of piperazine rings is 1. The molecule has 0 bridgehead atoms. The van der Waals surface area contributed by atoms with Gasteiger partial charge in [0.25, 0.3) is 0 Å². The lowest BCUT2D eigenvalue weighted by molar-refractivity contribution is 0.111. The van der Waals surface area contributed by atoms with Gasteiger partial charge in [0.1, 0.15) is 0 Å². The normalized spacial score (nSPS) is 15.1. The van der Waals surface area contributed by atoms with Gasteiger partial charge in [0, 0.05) is 45.5 Å². The molecule has 0 radical (unpaired) electrons. The van der Waals surface area contributed by atoms with E-state index >= 15 is 0 Å². The molecule has 1 fully saturated rings. The average molecular weight is 324 g/mol. The lowest BCUT2D eigenvalue weighted by atomic mass is 10.2. The van der Waals surface area contributed by atoms with Crippen LogP contribution in [0.15, 0.2) is 18.3 Å². The number of carbonyl (C=O) groups excluding carboxylic acids is 1. The van der Waals surface area contributed by atoms with Gasteiger partial charge in [-0.1, -0.05) is 13.8 Å². The van der Waals surface area contributed by atoms with E-state index in [1.807, 2.05) is 4.90 Å². The molecule has 1 saturated heterocycles. The number of carbonyl (C=O) groups is 1. The van der Waals surface area contributed by atoms with Crippen LogP contribution >= 0.6 is 0 Å². The van der Waals surface area contributed by atoms with Crippen molar-refractivity contribution in [3.63, 3.8) is 0 Å². The van der Waals surface area contributed by atoms with Crippen LogP contribution in [-0.4, -0.2) is 61.9 Å². The number of pyridine rings is 1. The predicted molar refractivity (Wildman–Crippen MR) is 87.0 cm³/mol. The van der Waals surface area contributed by atoms with Gasteiger partial charge < -0.3 is 19.9 Å². The van der Waals surface area contributed by atoms with Crippen LogP contribution in [0.5, 0.6) is 0 Å². The van der Waals surface area contributed by atoms with Crippen molar-refractivity contribution in [3.05, 3.63) is 24.1 Å². The van der Waals surface area contributed by atoms with Crippen molar-refractivity contribution in [1.82, 2.24) is 15.2 Å². The van der Waals surface area contributed by atoms with E-state index in [9.17, 15) is 9.18 Å². The minimum atomic E-state index is -0.326. The number of halogens is 1. The van der Waals surface area contributed by atoms with Gasteiger partial charge in [0.05, 0.1) is 6.61 Å². The van der Waals surface area contributed by atoms with Crippen LogP contribution in [-0.2, 0) is 4.74 Å². The van der Waals surface area contributed by atoms with Crippen molar-refractivity contribution < 1.29 is 13.9 Å². The number of nitrogens with zero attached hydrogens (tertiary/aromatic N) is 3. The maximum absolute atomic E-state index is 13.7. The van der Waals surface area contributed by atoms with Gasteiger partial charge in [-0.05, 0) is 18.1 Å². The van der Waals surface area contributed by atoms with Crippen LogP contribution in [0.3, 0.4) is 0 Å². The quantitative estimate of drug-likeness (QED) is 0.810. The number of urea groups is 1. The number of nitrogens with one attached hydrogen (secondary N) is 1. The summed E-state index contributed by atoms with van der Waals surface area (Å²) >= 11 is 0. The second kappa shape index (κ2) is 8.67. The first-order valence-electron chi connectivity index (χ1n) is 8.04. The van der Waals surface area contributed by atoms with Crippen molar-refractivity contribution in [2.45, 2.75) is 13.8 Å². The molecule has 128 valence electrons. The summed E-state index contributed by atoms with van der Waals surface area (Å²) in [5.41, 5.74) is 0. The fraction of sp³-hybridized carbons (Fsp3) is 0.625. The van der Waals surface area contributed by atoms with Gasteiger partial charge in [0.2, 0.25) is 0 Å². The van der Waals surface area contributed by atoms with Crippen LogP contribution in [0.25, 0.3) is 0 Å². The first-order chi connectivity index (χ1) is 11.1.